The highest BCUT2D eigenvalue weighted by Gasteiger charge is 2.34. The quantitative estimate of drug-likeness (QED) is 0.0255. The molecule has 0 saturated heterocycles. The maximum atomic E-state index is 14.0. The number of alkyl carbamates (subject to hydrolysis) is 2. The largest absolute Gasteiger partial charge is 0.462 e. The van der Waals surface area contributed by atoms with Gasteiger partial charge in [-0.2, -0.15) is 0 Å². The third kappa shape index (κ3) is 13.4. The molecule has 2 aliphatic rings. The number of nitrogens with zero attached hydrogens (tertiary/aromatic N) is 1. The Morgan fingerprint density at radius 1 is 0.754 bits per heavy atom. The van der Waals surface area contributed by atoms with E-state index in [9.17, 15) is 29.1 Å². The van der Waals surface area contributed by atoms with E-state index in [1.807, 2.05) is 103 Å². The third-order valence-corrected chi connectivity index (χ3v) is 11.9. The van der Waals surface area contributed by atoms with Crippen LogP contribution < -0.4 is 16.0 Å². The molecular weight excluding hydrogens is 825 g/mol. The lowest BCUT2D eigenvalue weighted by molar-refractivity contribution is -0.147. The first kappa shape index (κ1) is 47.7. The number of fused-ring (bicyclic) bond motifs is 4. The van der Waals surface area contributed by atoms with Gasteiger partial charge in [-0.3, -0.25) is 9.59 Å². The van der Waals surface area contributed by atoms with Crippen LogP contribution in [0.4, 0.5) is 9.59 Å². The number of nitrogens with one attached hydrogen (secondary N) is 3. The minimum atomic E-state index is -1.06. The molecule has 1 heterocycles. The summed E-state index contributed by atoms with van der Waals surface area (Å²) >= 11 is 0. The predicted octanol–water partition coefficient (Wildman–Crippen LogP) is 7.51. The molecule has 13 heteroatoms. The number of carbonyl (C=O) groups excluding carboxylic acids is 5. The summed E-state index contributed by atoms with van der Waals surface area (Å²) < 4.78 is 16.9. The van der Waals surface area contributed by atoms with Crippen LogP contribution >= 0.6 is 0 Å². The van der Waals surface area contributed by atoms with Gasteiger partial charge in [-0.15, -0.1) is 13.2 Å². The molecule has 342 valence electrons. The van der Waals surface area contributed by atoms with E-state index >= 15 is 0 Å². The topological polar surface area (TPSA) is 173 Å². The number of hydrogen-bond acceptors (Lipinski definition) is 9. The van der Waals surface area contributed by atoms with Gasteiger partial charge >= 0.3 is 18.2 Å². The average molecular weight is 885 g/mol. The van der Waals surface area contributed by atoms with Crippen LogP contribution in [0.5, 0.6) is 0 Å². The van der Waals surface area contributed by atoms with E-state index in [2.05, 4.69) is 29.1 Å². The van der Waals surface area contributed by atoms with E-state index in [1.54, 1.807) is 17.1 Å². The molecule has 0 fully saturated rings. The molecule has 0 saturated carbocycles. The molecule has 6 rings (SSSR count). The van der Waals surface area contributed by atoms with Gasteiger partial charge in [0.2, 0.25) is 11.8 Å². The van der Waals surface area contributed by atoms with Crippen LogP contribution in [0.2, 0.25) is 0 Å². The van der Waals surface area contributed by atoms with Gasteiger partial charge in [0, 0.05) is 25.4 Å². The summed E-state index contributed by atoms with van der Waals surface area (Å²) in [5, 5.41) is 18.6. The van der Waals surface area contributed by atoms with Crippen molar-refractivity contribution < 1.29 is 43.3 Å². The number of hydrogen-bond donors (Lipinski definition) is 4. The molecule has 0 radical (unpaired) electrons. The van der Waals surface area contributed by atoms with Gasteiger partial charge in [-0.1, -0.05) is 115 Å². The SMILES string of the molecule is C=CCC[C@H](NC(=O)OCC1c2ccccc2-c2ccccc21)C(=O)OC[C@H](CCCCNC(=O)OCc1ccccc1)NC(=O)[C@H](CC=C)CC(=O)N1Cc2ccccc2C[C@H]1CO. The van der Waals surface area contributed by atoms with Gasteiger partial charge in [0.25, 0.3) is 0 Å². The molecule has 13 nitrogen and oxygen atoms in total. The van der Waals surface area contributed by atoms with Crippen molar-refractivity contribution in [1.29, 1.82) is 0 Å². The summed E-state index contributed by atoms with van der Waals surface area (Å²) in [7, 11) is 0. The zero-order valence-electron chi connectivity index (χ0n) is 36.8. The molecule has 4 aromatic rings. The van der Waals surface area contributed by atoms with Gasteiger partial charge in [0.1, 0.15) is 25.9 Å². The number of esters is 1. The van der Waals surface area contributed by atoms with Crippen molar-refractivity contribution >= 4 is 30.0 Å². The molecular formula is C52H60N4O9. The van der Waals surface area contributed by atoms with E-state index in [0.717, 1.165) is 38.9 Å². The van der Waals surface area contributed by atoms with Crippen molar-refractivity contribution in [2.75, 3.05) is 26.4 Å². The number of allylic oxidation sites excluding steroid dienone is 2. The molecule has 65 heavy (non-hydrogen) atoms. The van der Waals surface area contributed by atoms with Crippen LogP contribution in [0.1, 0.15) is 78.7 Å². The number of rotatable bonds is 23. The fourth-order valence-electron chi connectivity index (χ4n) is 8.45. The van der Waals surface area contributed by atoms with Crippen molar-refractivity contribution in [2.24, 2.45) is 5.92 Å². The number of carbonyl (C=O) groups is 5. The normalized spacial score (nSPS) is 15.2. The second kappa shape index (κ2) is 24.4. The highest BCUT2D eigenvalue weighted by Crippen LogP contribution is 2.44. The van der Waals surface area contributed by atoms with Gasteiger partial charge in [-0.25, -0.2) is 14.4 Å². The van der Waals surface area contributed by atoms with Gasteiger partial charge < -0.3 is 40.2 Å². The molecule has 0 bridgehead atoms. The molecule has 0 unspecified atom stereocenters. The third-order valence-electron chi connectivity index (χ3n) is 11.9. The lowest BCUT2D eigenvalue weighted by Crippen LogP contribution is -2.48. The first-order chi connectivity index (χ1) is 31.7. The Labute approximate surface area is 381 Å². The van der Waals surface area contributed by atoms with Crippen LogP contribution in [0, 0.1) is 5.92 Å². The van der Waals surface area contributed by atoms with Crippen molar-refractivity contribution in [3.8, 4) is 11.1 Å². The van der Waals surface area contributed by atoms with Crippen LogP contribution in [0.3, 0.4) is 0 Å². The van der Waals surface area contributed by atoms with E-state index < -0.39 is 48.1 Å². The number of amides is 4. The lowest BCUT2D eigenvalue weighted by atomic mass is 9.92. The summed E-state index contributed by atoms with van der Waals surface area (Å²) in [4.78, 5) is 68.8. The maximum Gasteiger partial charge on any atom is 0.407 e. The number of aliphatic hydroxyl groups is 1. The molecule has 1 aliphatic heterocycles. The molecule has 0 spiro atoms. The van der Waals surface area contributed by atoms with Crippen molar-refractivity contribution in [3.05, 3.63) is 156 Å². The molecule has 4 amide bonds. The Kier molecular flexibility index (Phi) is 17.9. The Bertz CT molecular complexity index is 2220. The smallest absolute Gasteiger partial charge is 0.407 e. The molecule has 1 aliphatic carbocycles. The minimum Gasteiger partial charge on any atom is -0.462 e. The van der Waals surface area contributed by atoms with E-state index in [1.165, 1.54) is 0 Å². The van der Waals surface area contributed by atoms with Gasteiger partial charge in [0.05, 0.1) is 24.6 Å². The number of ether oxygens (including phenoxy) is 3. The number of benzene rings is 4. The zero-order chi connectivity index (χ0) is 46.0. The standard InChI is InChI=1S/C52H60N4O9/c1-3-5-27-47(55-52(62)65-35-46-44-25-13-11-23-42(44)43-24-12-14-26-45(43)46)50(60)63-34-40(22-15-16-28-53-51(61)64-33-36-18-7-6-8-19-36)54-49(59)38(17-4-2)30-48(58)56-31-39-21-10-9-20-37(39)29-41(56)32-57/h3-4,6-14,18-21,23-26,38,40-41,46-47,57H,1-2,5,15-17,22,27-35H2,(H,53,61)(H,54,59)(H,55,62)/t38-,40+,41+,47+/m1/s1. The molecule has 4 N–H and O–H groups in total. The minimum absolute atomic E-state index is 0.0664. The first-order valence-electron chi connectivity index (χ1n) is 22.4. The van der Waals surface area contributed by atoms with Crippen LogP contribution in [-0.2, 0) is 48.2 Å². The van der Waals surface area contributed by atoms with Crippen molar-refractivity contribution in [2.45, 2.75) is 88.6 Å². The summed E-state index contributed by atoms with van der Waals surface area (Å²) in [6.07, 6.45) is 4.52. The number of unbranched alkanes of at least 4 members (excludes halogenated alkanes) is 1. The summed E-state index contributed by atoms with van der Waals surface area (Å²) in [5.41, 5.74) is 7.24. The molecule has 4 atom stereocenters. The average Bonchev–Trinajstić information content (AvgIpc) is 3.65. The summed E-state index contributed by atoms with van der Waals surface area (Å²) in [6, 6.07) is 31.0. The summed E-state index contributed by atoms with van der Waals surface area (Å²) in [6.45, 7) is 7.99. The monoisotopic (exact) mass is 884 g/mol. The van der Waals surface area contributed by atoms with E-state index in [4.69, 9.17) is 14.2 Å². The Morgan fingerprint density at radius 3 is 2.12 bits per heavy atom. The second-order valence-electron chi connectivity index (χ2n) is 16.5. The number of aliphatic hydroxyl groups excluding tert-OH is 1. The van der Waals surface area contributed by atoms with Gasteiger partial charge in [0.15, 0.2) is 0 Å². The van der Waals surface area contributed by atoms with Crippen LogP contribution in [0.25, 0.3) is 11.1 Å². The molecule has 4 aromatic carbocycles. The van der Waals surface area contributed by atoms with E-state index in [-0.39, 0.29) is 57.5 Å². The van der Waals surface area contributed by atoms with Crippen LogP contribution in [-0.4, -0.2) is 84.5 Å². The summed E-state index contributed by atoms with van der Waals surface area (Å²) in [5.74, 6) is -2.34. The molecule has 0 aromatic heterocycles. The Balaban J connectivity index is 1.07. The highest BCUT2D eigenvalue weighted by molar-refractivity contribution is 5.87. The fraction of sp³-hybridized carbons (Fsp3) is 0.365. The fourth-order valence-corrected chi connectivity index (χ4v) is 8.45. The highest BCUT2D eigenvalue weighted by atomic mass is 16.6. The van der Waals surface area contributed by atoms with Gasteiger partial charge in [-0.05, 0) is 83.9 Å². The predicted molar refractivity (Wildman–Crippen MR) is 247 cm³/mol. The van der Waals surface area contributed by atoms with Crippen LogP contribution in [0.15, 0.2) is 128 Å². The second-order valence-corrected chi connectivity index (χ2v) is 16.5. The zero-order valence-corrected chi connectivity index (χ0v) is 36.8. The first-order valence-corrected chi connectivity index (χ1v) is 22.4. The Morgan fingerprint density at radius 2 is 1.43 bits per heavy atom. The van der Waals surface area contributed by atoms with Crippen molar-refractivity contribution in [3.63, 3.8) is 0 Å². The maximum absolute atomic E-state index is 14.0. The Hall–Kier alpha value is -6.73. The lowest BCUT2D eigenvalue weighted by Gasteiger charge is -2.36. The van der Waals surface area contributed by atoms with E-state index in [0.29, 0.717) is 45.2 Å². The van der Waals surface area contributed by atoms with Crippen molar-refractivity contribution in [1.82, 2.24) is 20.9 Å².